The van der Waals surface area contributed by atoms with Crippen LogP contribution in [0.5, 0.6) is 0 Å². The van der Waals surface area contributed by atoms with Crippen LogP contribution in [0.3, 0.4) is 0 Å². The maximum atomic E-state index is 11.6. The van der Waals surface area contributed by atoms with Crippen LogP contribution in [0.1, 0.15) is 5.56 Å². The van der Waals surface area contributed by atoms with Gasteiger partial charge in [-0.15, -0.1) is 0 Å². The van der Waals surface area contributed by atoms with Crippen LogP contribution in [0.25, 0.3) is 0 Å². The molecule has 4 nitrogen and oxygen atoms in total. The normalized spacial score (nSPS) is 10.0. The number of amides is 1. The summed E-state index contributed by atoms with van der Waals surface area (Å²) >= 11 is 6.57. The quantitative estimate of drug-likeness (QED) is 0.798. The van der Waals surface area contributed by atoms with Gasteiger partial charge in [-0.2, -0.15) is 0 Å². The van der Waals surface area contributed by atoms with Gasteiger partial charge in [-0.05, 0) is 43.5 Å². The van der Waals surface area contributed by atoms with Gasteiger partial charge in [0.1, 0.15) is 11.2 Å². The molecule has 1 aromatic heterocycles. The number of nitrogens with one attached hydrogen (secondary N) is 1. The number of nitrogens with zero attached hydrogens (tertiary/aromatic N) is 1. The third-order valence-electron chi connectivity index (χ3n) is 2.26. The molecule has 6 heteroatoms. The molecule has 2 rings (SSSR count). The van der Waals surface area contributed by atoms with Crippen LogP contribution in [0, 0.1) is 0 Å². The Bertz CT molecular complexity index is 576. The largest absolute Gasteiger partial charge is 0.444 e. The lowest BCUT2D eigenvalue weighted by molar-refractivity contribution is 0.155. The van der Waals surface area contributed by atoms with Crippen molar-refractivity contribution in [1.29, 1.82) is 0 Å². The van der Waals surface area contributed by atoms with Gasteiger partial charge in [-0.1, -0.05) is 30.3 Å². The number of anilines is 1. The summed E-state index contributed by atoms with van der Waals surface area (Å²) in [7, 11) is 0. The van der Waals surface area contributed by atoms with Crippen molar-refractivity contribution in [2.45, 2.75) is 6.61 Å². The Kier molecular flexibility index (Phi) is 4.93. The Balaban J connectivity index is 1.89. The van der Waals surface area contributed by atoms with Gasteiger partial charge in [0, 0.05) is 0 Å². The first-order chi connectivity index (χ1) is 9.15. The molecule has 1 N–H and O–H groups in total. The van der Waals surface area contributed by atoms with Crippen LogP contribution in [0.4, 0.5) is 10.5 Å². The zero-order valence-electron chi connectivity index (χ0n) is 9.77. The number of pyridine rings is 1. The van der Waals surface area contributed by atoms with Crippen LogP contribution in [0.15, 0.2) is 51.7 Å². The van der Waals surface area contributed by atoms with Crippen LogP contribution in [-0.4, -0.2) is 11.1 Å². The zero-order valence-corrected chi connectivity index (χ0v) is 12.9. The van der Waals surface area contributed by atoms with E-state index >= 15 is 0 Å². The van der Waals surface area contributed by atoms with Crippen molar-refractivity contribution in [1.82, 2.24) is 4.98 Å². The summed E-state index contributed by atoms with van der Waals surface area (Å²) in [5.41, 5.74) is 1.50. The van der Waals surface area contributed by atoms with E-state index in [4.69, 9.17) is 4.74 Å². The highest BCUT2D eigenvalue weighted by Gasteiger charge is 2.06. The van der Waals surface area contributed by atoms with E-state index in [-0.39, 0.29) is 6.61 Å². The Morgan fingerprint density at radius 3 is 2.68 bits per heavy atom. The van der Waals surface area contributed by atoms with Crippen molar-refractivity contribution in [2.75, 3.05) is 5.32 Å². The second-order valence-corrected chi connectivity index (χ2v) is 5.29. The fourth-order valence-electron chi connectivity index (χ4n) is 1.37. The first-order valence-electron chi connectivity index (χ1n) is 5.44. The van der Waals surface area contributed by atoms with Crippen molar-refractivity contribution in [3.63, 3.8) is 0 Å². The van der Waals surface area contributed by atoms with E-state index in [2.05, 4.69) is 42.2 Å². The first kappa shape index (κ1) is 14.0. The fourth-order valence-corrected chi connectivity index (χ4v) is 1.93. The summed E-state index contributed by atoms with van der Waals surface area (Å²) in [6.07, 6.45) is 1.03. The summed E-state index contributed by atoms with van der Waals surface area (Å²) in [5.74, 6) is 0. The zero-order chi connectivity index (χ0) is 13.7. The molecule has 0 radical (unpaired) electrons. The maximum Gasteiger partial charge on any atom is 0.412 e. The van der Waals surface area contributed by atoms with E-state index in [1.807, 2.05) is 30.3 Å². The number of aromatic nitrogens is 1. The van der Waals surface area contributed by atoms with Gasteiger partial charge in [0.2, 0.25) is 0 Å². The third kappa shape index (κ3) is 4.33. The lowest BCUT2D eigenvalue weighted by Crippen LogP contribution is -2.13. The lowest BCUT2D eigenvalue weighted by Gasteiger charge is -2.07. The molecular weight excluding hydrogens is 376 g/mol. The monoisotopic (exact) mass is 384 g/mol. The second-order valence-electron chi connectivity index (χ2n) is 3.68. The van der Waals surface area contributed by atoms with Crippen molar-refractivity contribution in [2.24, 2.45) is 0 Å². The summed E-state index contributed by atoms with van der Waals surface area (Å²) in [5, 5.41) is 2.61. The Morgan fingerprint density at radius 2 is 2.00 bits per heavy atom. The molecule has 0 spiro atoms. The highest BCUT2D eigenvalue weighted by atomic mass is 79.9. The molecule has 0 aliphatic rings. The number of benzene rings is 1. The van der Waals surface area contributed by atoms with Gasteiger partial charge in [-0.3, -0.25) is 5.32 Å². The minimum atomic E-state index is -0.514. The predicted octanol–water partition coefficient (Wildman–Crippen LogP) is 4.36. The minimum absolute atomic E-state index is 0.234. The Hall–Kier alpha value is -1.40. The van der Waals surface area contributed by atoms with E-state index in [1.54, 1.807) is 12.3 Å². The molecule has 19 heavy (non-hydrogen) atoms. The average Bonchev–Trinajstić information content (AvgIpc) is 2.42. The van der Waals surface area contributed by atoms with Gasteiger partial charge < -0.3 is 4.74 Å². The van der Waals surface area contributed by atoms with Crippen LogP contribution >= 0.6 is 31.9 Å². The molecule has 1 amide bonds. The Labute approximate surface area is 127 Å². The number of rotatable bonds is 3. The van der Waals surface area contributed by atoms with Gasteiger partial charge in [0.05, 0.1) is 16.4 Å². The van der Waals surface area contributed by atoms with E-state index in [9.17, 15) is 4.79 Å². The molecule has 0 unspecified atom stereocenters. The molecule has 0 atom stereocenters. The lowest BCUT2D eigenvalue weighted by atomic mass is 10.2. The first-order valence-corrected chi connectivity index (χ1v) is 7.02. The molecule has 98 valence electrons. The summed E-state index contributed by atoms with van der Waals surface area (Å²) in [6.45, 7) is 0.234. The summed E-state index contributed by atoms with van der Waals surface area (Å²) in [6, 6.07) is 11.2. The summed E-state index contributed by atoms with van der Waals surface area (Å²) in [4.78, 5) is 15.6. The maximum absolute atomic E-state index is 11.6. The van der Waals surface area contributed by atoms with Gasteiger partial charge >= 0.3 is 6.09 Å². The predicted molar refractivity (Wildman–Crippen MR) is 79.9 cm³/mol. The van der Waals surface area contributed by atoms with Crippen molar-refractivity contribution >= 4 is 43.6 Å². The number of ether oxygens (including phenoxy) is 1. The molecule has 0 aliphatic carbocycles. The number of carbonyl (C=O) groups excluding carboxylic acids is 1. The van der Waals surface area contributed by atoms with Crippen LogP contribution in [-0.2, 0) is 11.3 Å². The molecule has 0 aliphatic heterocycles. The highest BCUT2D eigenvalue weighted by Crippen LogP contribution is 2.23. The van der Waals surface area contributed by atoms with Crippen molar-refractivity contribution < 1.29 is 9.53 Å². The molecular formula is C13H10Br2N2O2. The van der Waals surface area contributed by atoms with Gasteiger partial charge in [0.25, 0.3) is 0 Å². The van der Waals surface area contributed by atoms with Crippen molar-refractivity contribution in [3.8, 4) is 0 Å². The molecule has 1 heterocycles. The van der Waals surface area contributed by atoms with E-state index in [0.29, 0.717) is 10.3 Å². The van der Waals surface area contributed by atoms with Crippen LogP contribution < -0.4 is 5.32 Å². The highest BCUT2D eigenvalue weighted by molar-refractivity contribution is 9.13. The number of halogens is 2. The van der Waals surface area contributed by atoms with E-state index in [1.165, 1.54) is 0 Å². The molecule has 0 bridgehead atoms. The molecule has 0 saturated carbocycles. The van der Waals surface area contributed by atoms with Crippen molar-refractivity contribution in [3.05, 3.63) is 57.2 Å². The fraction of sp³-hybridized carbons (Fsp3) is 0.0769. The molecule has 0 saturated heterocycles. The molecule has 2 aromatic rings. The SMILES string of the molecule is O=C(Nc1cnc(Br)c(Br)c1)OCc1ccccc1. The topological polar surface area (TPSA) is 51.2 Å². The average molecular weight is 386 g/mol. The van der Waals surface area contributed by atoms with Gasteiger partial charge in [0.15, 0.2) is 0 Å². The van der Waals surface area contributed by atoms with Gasteiger partial charge in [-0.25, -0.2) is 9.78 Å². The number of hydrogen-bond donors (Lipinski definition) is 1. The smallest absolute Gasteiger partial charge is 0.412 e. The number of hydrogen-bond acceptors (Lipinski definition) is 3. The third-order valence-corrected chi connectivity index (χ3v) is 4.02. The van der Waals surface area contributed by atoms with E-state index < -0.39 is 6.09 Å². The van der Waals surface area contributed by atoms with Crippen LogP contribution in [0.2, 0.25) is 0 Å². The minimum Gasteiger partial charge on any atom is -0.444 e. The second kappa shape index (κ2) is 6.68. The summed E-state index contributed by atoms with van der Waals surface area (Å²) < 4.78 is 6.53. The number of carbonyl (C=O) groups is 1. The molecule has 0 fully saturated rings. The standard InChI is InChI=1S/C13H10Br2N2O2/c14-11-6-10(7-16-12(11)15)17-13(18)19-8-9-4-2-1-3-5-9/h1-7H,8H2,(H,17,18). The molecule has 1 aromatic carbocycles. The van der Waals surface area contributed by atoms with E-state index in [0.717, 1.165) is 10.0 Å². The Morgan fingerprint density at radius 1 is 1.26 bits per heavy atom.